The molecule has 0 spiro atoms. The van der Waals surface area contributed by atoms with E-state index >= 15 is 0 Å². The number of hydrogen-bond acceptors (Lipinski definition) is 3. The molecule has 7 heteroatoms. The van der Waals surface area contributed by atoms with Crippen molar-refractivity contribution in [2.75, 3.05) is 13.1 Å². The van der Waals surface area contributed by atoms with Crippen LogP contribution in [0, 0.1) is 5.82 Å². The molecular formula is C21H25FN2O3S. The van der Waals surface area contributed by atoms with Crippen LogP contribution >= 0.6 is 0 Å². The average molecular weight is 405 g/mol. The Labute approximate surface area is 165 Å². The van der Waals surface area contributed by atoms with Crippen molar-refractivity contribution in [3.05, 3.63) is 65.0 Å². The molecule has 0 fully saturated rings. The second kappa shape index (κ2) is 9.30. The molecular weight excluding hydrogens is 379 g/mol. The number of carbonyl (C=O) groups is 1. The van der Waals surface area contributed by atoms with Crippen LogP contribution in [0.15, 0.2) is 47.4 Å². The SMILES string of the molecule is O=C(CCNS(=O)(=O)c1ccc2c(c1)CCCC2)NCCc1ccccc1F. The third-order valence-electron chi connectivity index (χ3n) is 4.95. The van der Waals surface area contributed by atoms with Gasteiger partial charge in [-0.15, -0.1) is 0 Å². The van der Waals surface area contributed by atoms with E-state index in [-0.39, 0.29) is 29.6 Å². The molecule has 0 unspecified atom stereocenters. The highest BCUT2D eigenvalue weighted by molar-refractivity contribution is 7.89. The largest absolute Gasteiger partial charge is 0.356 e. The van der Waals surface area contributed by atoms with Crippen molar-refractivity contribution in [3.63, 3.8) is 0 Å². The van der Waals surface area contributed by atoms with Gasteiger partial charge in [-0.25, -0.2) is 17.5 Å². The van der Waals surface area contributed by atoms with Gasteiger partial charge in [-0.2, -0.15) is 0 Å². The van der Waals surface area contributed by atoms with Crippen LogP contribution < -0.4 is 10.0 Å². The minimum atomic E-state index is -3.64. The Balaban J connectivity index is 1.44. The topological polar surface area (TPSA) is 75.3 Å². The van der Waals surface area contributed by atoms with Crippen molar-refractivity contribution in [2.45, 2.75) is 43.4 Å². The lowest BCUT2D eigenvalue weighted by molar-refractivity contribution is -0.120. The lowest BCUT2D eigenvalue weighted by Gasteiger charge is -2.16. The van der Waals surface area contributed by atoms with Gasteiger partial charge in [0.05, 0.1) is 4.90 Å². The molecule has 28 heavy (non-hydrogen) atoms. The summed E-state index contributed by atoms with van der Waals surface area (Å²) in [6.07, 6.45) is 4.54. The predicted octanol–water partition coefficient (Wildman–Crippen LogP) is 2.73. The molecule has 0 saturated heterocycles. The first-order chi connectivity index (χ1) is 13.5. The first kappa shape index (κ1) is 20.5. The Morgan fingerprint density at radius 3 is 2.54 bits per heavy atom. The van der Waals surface area contributed by atoms with Crippen LogP contribution in [0.4, 0.5) is 4.39 Å². The number of fused-ring (bicyclic) bond motifs is 1. The number of halogens is 1. The molecule has 150 valence electrons. The zero-order chi connectivity index (χ0) is 20.0. The van der Waals surface area contributed by atoms with Gasteiger partial charge in [0, 0.05) is 19.5 Å². The molecule has 0 aromatic heterocycles. The molecule has 2 N–H and O–H groups in total. The second-order valence-electron chi connectivity index (χ2n) is 6.98. The van der Waals surface area contributed by atoms with Crippen LogP contribution in [-0.2, 0) is 34.1 Å². The fourth-order valence-electron chi connectivity index (χ4n) is 3.39. The normalized spacial score (nSPS) is 13.8. The van der Waals surface area contributed by atoms with Crippen LogP contribution in [-0.4, -0.2) is 27.4 Å². The number of hydrogen-bond donors (Lipinski definition) is 2. The number of nitrogens with one attached hydrogen (secondary N) is 2. The van der Waals surface area contributed by atoms with Crippen LogP contribution in [0.1, 0.15) is 36.0 Å². The molecule has 5 nitrogen and oxygen atoms in total. The highest BCUT2D eigenvalue weighted by atomic mass is 32.2. The molecule has 0 bridgehead atoms. The summed E-state index contributed by atoms with van der Waals surface area (Å²) >= 11 is 0. The Morgan fingerprint density at radius 1 is 1.00 bits per heavy atom. The van der Waals surface area contributed by atoms with Crippen molar-refractivity contribution in [2.24, 2.45) is 0 Å². The lowest BCUT2D eigenvalue weighted by atomic mass is 9.92. The van der Waals surface area contributed by atoms with Crippen LogP contribution in [0.25, 0.3) is 0 Å². The Hall–Kier alpha value is -2.25. The fraction of sp³-hybridized carbons (Fsp3) is 0.381. The van der Waals surface area contributed by atoms with Crippen molar-refractivity contribution < 1.29 is 17.6 Å². The zero-order valence-electron chi connectivity index (χ0n) is 15.7. The highest BCUT2D eigenvalue weighted by Crippen LogP contribution is 2.24. The number of rotatable bonds is 8. The molecule has 1 aliphatic rings. The number of aryl methyl sites for hydroxylation is 2. The minimum Gasteiger partial charge on any atom is -0.356 e. The number of carbonyl (C=O) groups excluding carboxylic acids is 1. The minimum absolute atomic E-state index is 0.0188. The van der Waals surface area contributed by atoms with Crippen molar-refractivity contribution in [1.29, 1.82) is 0 Å². The first-order valence-corrected chi connectivity index (χ1v) is 11.1. The van der Waals surface area contributed by atoms with E-state index in [0.29, 0.717) is 18.5 Å². The Morgan fingerprint density at radius 2 is 1.75 bits per heavy atom. The predicted molar refractivity (Wildman–Crippen MR) is 106 cm³/mol. The zero-order valence-corrected chi connectivity index (χ0v) is 16.5. The van der Waals surface area contributed by atoms with E-state index in [1.807, 2.05) is 6.07 Å². The van der Waals surface area contributed by atoms with E-state index in [1.54, 1.807) is 30.3 Å². The maximum Gasteiger partial charge on any atom is 0.240 e. The summed E-state index contributed by atoms with van der Waals surface area (Å²) in [5, 5.41) is 2.68. The van der Waals surface area contributed by atoms with E-state index in [4.69, 9.17) is 0 Å². The van der Waals surface area contributed by atoms with Crippen molar-refractivity contribution in [1.82, 2.24) is 10.0 Å². The van der Waals surface area contributed by atoms with Gasteiger partial charge in [-0.1, -0.05) is 24.3 Å². The van der Waals surface area contributed by atoms with E-state index in [1.165, 1.54) is 11.6 Å². The quantitative estimate of drug-likeness (QED) is 0.710. The summed E-state index contributed by atoms with van der Waals surface area (Å²) in [5.41, 5.74) is 2.86. The third-order valence-corrected chi connectivity index (χ3v) is 6.41. The standard InChI is InChI=1S/C21H25FN2O3S/c22-20-8-4-3-6-17(20)11-13-23-21(25)12-14-24-28(26,27)19-10-9-16-5-1-2-7-18(16)15-19/h3-4,6,8-10,15,24H,1-2,5,7,11-14H2,(H,23,25). The molecule has 1 aliphatic carbocycles. The molecule has 0 atom stereocenters. The lowest BCUT2D eigenvalue weighted by Crippen LogP contribution is -2.31. The van der Waals surface area contributed by atoms with Crippen LogP contribution in [0.2, 0.25) is 0 Å². The second-order valence-corrected chi connectivity index (χ2v) is 8.74. The number of benzene rings is 2. The summed E-state index contributed by atoms with van der Waals surface area (Å²) in [4.78, 5) is 12.1. The Kier molecular flexibility index (Phi) is 6.80. The van der Waals surface area contributed by atoms with Crippen LogP contribution in [0.5, 0.6) is 0 Å². The summed E-state index contributed by atoms with van der Waals surface area (Å²) in [7, 11) is -3.64. The van der Waals surface area contributed by atoms with E-state index in [9.17, 15) is 17.6 Å². The molecule has 2 aromatic rings. The average Bonchev–Trinajstić information content (AvgIpc) is 2.69. The van der Waals surface area contributed by atoms with Crippen molar-refractivity contribution >= 4 is 15.9 Å². The van der Waals surface area contributed by atoms with E-state index in [0.717, 1.165) is 31.2 Å². The molecule has 0 heterocycles. The molecule has 0 aliphatic heterocycles. The number of amides is 1. The van der Waals surface area contributed by atoms with E-state index in [2.05, 4.69) is 10.0 Å². The smallest absolute Gasteiger partial charge is 0.240 e. The third kappa shape index (κ3) is 5.39. The van der Waals surface area contributed by atoms with Gasteiger partial charge in [-0.3, -0.25) is 4.79 Å². The van der Waals surface area contributed by atoms with E-state index < -0.39 is 10.0 Å². The highest BCUT2D eigenvalue weighted by Gasteiger charge is 2.17. The van der Waals surface area contributed by atoms with Crippen molar-refractivity contribution in [3.8, 4) is 0 Å². The molecule has 2 aromatic carbocycles. The Bertz CT molecular complexity index is 944. The summed E-state index contributed by atoms with van der Waals surface area (Å²) in [6, 6.07) is 11.7. The molecule has 1 amide bonds. The summed E-state index contributed by atoms with van der Waals surface area (Å²) in [5.74, 6) is -0.570. The van der Waals surface area contributed by atoms with Gasteiger partial charge in [0.25, 0.3) is 0 Å². The van der Waals surface area contributed by atoms with Gasteiger partial charge < -0.3 is 5.32 Å². The van der Waals surface area contributed by atoms with Gasteiger partial charge in [0.15, 0.2) is 0 Å². The molecule has 3 rings (SSSR count). The maximum absolute atomic E-state index is 13.5. The molecule has 0 saturated carbocycles. The fourth-order valence-corrected chi connectivity index (χ4v) is 4.47. The summed E-state index contributed by atoms with van der Waals surface area (Å²) < 4.78 is 40.9. The number of sulfonamides is 1. The van der Waals surface area contributed by atoms with Gasteiger partial charge >= 0.3 is 0 Å². The van der Waals surface area contributed by atoms with Gasteiger partial charge in [0.1, 0.15) is 5.82 Å². The summed E-state index contributed by atoms with van der Waals surface area (Å²) in [6.45, 7) is 0.322. The first-order valence-electron chi connectivity index (χ1n) is 9.57. The van der Waals surface area contributed by atoms with Gasteiger partial charge in [0.2, 0.25) is 15.9 Å². The van der Waals surface area contributed by atoms with Gasteiger partial charge in [-0.05, 0) is 67.0 Å². The molecule has 0 radical (unpaired) electrons. The maximum atomic E-state index is 13.5. The monoisotopic (exact) mass is 404 g/mol. The van der Waals surface area contributed by atoms with Crippen LogP contribution in [0.3, 0.4) is 0 Å².